The number of hydrogen-bond donors (Lipinski definition) is 0. The molecule has 0 radical (unpaired) electrons. The van der Waals surface area contributed by atoms with Crippen LogP contribution < -0.4 is 0 Å². The smallest absolute Gasteiger partial charge is 0.189 e. The summed E-state index contributed by atoms with van der Waals surface area (Å²) in [6.07, 6.45) is 13.1. The van der Waals surface area contributed by atoms with Crippen molar-refractivity contribution in [2.75, 3.05) is 13.4 Å². The van der Waals surface area contributed by atoms with Gasteiger partial charge in [0.25, 0.3) is 0 Å². The highest BCUT2D eigenvalue weighted by Crippen LogP contribution is 2.05. The van der Waals surface area contributed by atoms with Crippen LogP contribution in [0.25, 0.3) is 0 Å². The molecule has 0 atom stereocenters. The molecule has 3 nitrogen and oxygen atoms in total. The molecule has 0 unspecified atom stereocenters. The molecule has 0 bridgehead atoms. The van der Waals surface area contributed by atoms with Gasteiger partial charge < -0.3 is 9.47 Å². The first-order valence-corrected chi connectivity index (χ1v) is 7.71. The van der Waals surface area contributed by atoms with E-state index in [1.807, 2.05) is 6.08 Å². The maximum absolute atomic E-state index is 10.8. The van der Waals surface area contributed by atoms with Crippen LogP contribution in [0, 0.1) is 0 Å². The molecule has 0 saturated heterocycles. The monoisotopic (exact) mass is 270 g/mol. The van der Waals surface area contributed by atoms with E-state index >= 15 is 0 Å². The summed E-state index contributed by atoms with van der Waals surface area (Å²) in [5, 5.41) is 0. The van der Waals surface area contributed by atoms with Gasteiger partial charge in [0.05, 0.1) is 6.61 Å². The van der Waals surface area contributed by atoms with Crippen molar-refractivity contribution in [1.82, 2.24) is 0 Å². The average Bonchev–Trinajstić information content (AvgIpc) is 2.44. The van der Waals surface area contributed by atoms with Gasteiger partial charge in [-0.3, -0.25) is 4.79 Å². The first kappa shape index (κ1) is 18.2. The third-order valence-corrected chi connectivity index (χ3v) is 2.97. The predicted molar refractivity (Wildman–Crippen MR) is 79.0 cm³/mol. The quantitative estimate of drug-likeness (QED) is 0.152. The molecule has 0 aromatic rings. The normalized spacial score (nSPS) is 11.6. The molecule has 0 saturated carbocycles. The van der Waals surface area contributed by atoms with Gasteiger partial charge in [0.1, 0.15) is 0 Å². The average molecular weight is 270 g/mol. The van der Waals surface area contributed by atoms with Crippen LogP contribution in [-0.2, 0) is 14.3 Å². The molecule has 0 aliphatic carbocycles. The van der Waals surface area contributed by atoms with Crippen LogP contribution in [-0.4, -0.2) is 19.7 Å². The van der Waals surface area contributed by atoms with Crippen LogP contribution in [0.1, 0.15) is 71.6 Å². The Balaban J connectivity index is 3.42. The van der Waals surface area contributed by atoms with E-state index in [4.69, 9.17) is 9.47 Å². The van der Waals surface area contributed by atoms with Gasteiger partial charge in [0.2, 0.25) is 0 Å². The summed E-state index contributed by atoms with van der Waals surface area (Å²) in [6.45, 7) is 5.27. The first-order valence-electron chi connectivity index (χ1n) is 7.71. The molecular formula is C16H30O3. The third kappa shape index (κ3) is 13.4. The second-order valence-corrected chi connectivity index (χ2v) is 4.80. The summed E-state index contributed by atoms with van der Waals surface area (Å²) in [5.41, 5.74) is 0. The van der Waals surface area contributed by atoms with Crippen LogP contribution in [0.2, 0.25) is 0 Å². The number of hydrogen-bond acceptors (Lipinski definition) is 3. The number of allylic oxidation sites excluding steroid dienone is 2. The lowest BCUT2D eigenvalue weighted by atomic mass is 10.2. The van der Waals surface area contributed by atoms with Crippen molar-refractivity contribution in [2.45, 2.75) is 71.6 Å². The molecule has 0 aromatic heterocycles. The molecule has 0 heterocycles. The Morgan fingerprint density at radius 3 is 2.32 bits per heavy atom. The minimum atomic E-state index is 0.187. The molecule has 19 heavy (non-hydrogen) atoms. The maximum Gasteiger partial charge on any atom is 0.189 e. The first-order chi connectivity index (χ1) is 9.35. The highest BCUT2D eigenvalue weighted by atomic mass is 16.7. The fourth-order valence-electron chi connectivity index (χ4n) is 1.76. The SMILES string of the molecule is CCCCCC=C(C=O)OCOCCCCCCC. The third-order valence-electron chi connectivity index (χ3n) is 2.97. The zero-order chi connectivity index (χ0) is 14.2. The second kappa shape index (κ2) is 15.2. The molecule has 0 aliphatic heterocycles. The van der Waals surface area contributed by atoms with Crippen molar-refractivity contribution in [2.24, 2.45) is 0 Å². The Morgan fingerprint density at radius 1 is 0.947 bits per heavy atom. The standard InChI is InChI=1S/C16H30O3/c1-3-5-7-9-11-13-18-15-19-16(14-17)12-10-8-6-4-2/h12,14H,3-11,13,15H2,1-2H3. The summed E-state index contributed by atoms with van der Waals surface area (Å²) in [6, 6.07) is 0. The Labute approximate surface area is 118 Å². The van der Waals surface area contributed by atoms with Gasteiger partial charge in [-0.25, -0.2) is 0 Å². The van der Waals surface area contributed by atoms with E-state index in [1.54, 1.807) is 0 Å². The Bertz CT molecular complexity index is 224. The Kier molecular flexibility index (Phi) is 14.6. The Morgan fingerprint density at radius 2 is 1.63 bits per heavy atom. The highest BCUT2D eigenvalue weighted by molar-refractivity contribution is 5.69. The molecule has 0 amide bonds. The van der Waals surface area contributed by atoms with E-state index in [0.717, 1.165) is 25.5 Å². The lowest BCUT2D eigenvalue weighted by Crippen LogP contribution is -2.02. The van der Waals surface area contributed by atoms with Gasteiger partial charge in [0, 0.05) is 0 Å². The van der Waals surface area contributed by atoms with E-state index in [-0.39, 0.29) is 6.79 Å². The lowest BCUT2D eigenvalue weighted by Gasteiger charge is -2.06. The lowest BCUT2D eigenvalue weighted by molar-refractivity contribution is -0.111. The molecule has 0 aliphatic rings. The van der Waals surface area contributed by atoms with Crippen LogP contribution in [0.4, 0.5) is 0 Å². The van der Waals surface area contributed by atoms with Crippen molar-refractivity contribution in [3.05, 3.63) is 11.8 Å². The van der Waals surface area contributed by atoms with E-state index in [9.17, 15) is 4.79 Å². The summed E-state index contributed by atoms with van der Waals surface area (Å²) in [7, 11) is 0. The molecule has 0 rings (SSSR count). The fraction of sp³-hybridized carbons (Fsp3) is 0.812. The van der Waals surface area contributed by atoms with Gasteiger partial charge in [0.15, 0.2) is 18.8 Å². The van der Waals surface area contributed by atoms with Crippen molar-refractivity contribution in [1.29, 1.82) is 0 Å². The predicted octanol–water partition coefficient (Wildman–Crippen LogP) is 4.61. The van der Waals surface area contributed by atoms with E-state index in [2.05, 4.69) is 13.8 Å². The fourth-order valence-corrected chi connectivity index (χ4v) is 1.76. The number of unbranched alkanes of at least 4 members (excludes halogenated alkanes) is 7. The largest absolute Gasteiger partial charge is 0.464 e. The number of ether oxygens (including phenoxy) is 2. The van der Waals surface area contributed by atoms with Crippen molar-refractivity contribution in [3.63, 3.8) is 0 Å². The van der Waals surface area contributed by atoms with Gasteiger partial charge >= 0.3 is 0 Å². The molecule has 0 aromatic carbocycles. The van der Waals surface area contributed by atoms with E-state index < -0.39 is 0 Å². The highest BCUT2D eigenvalue weighted by Gasteiger charge is 1.96. The minimum Gasteiger partial charge on any atom is -0.464 e. The van der Waals surface area contributed by atoms with Crippen molar-refractivity contribution >= 4 is 6.29 Å². The topological polar surface area (TPSA) is 35.5 Å². The number of carbonyl (C=O) groups excluding carboxylic acids is 1. The molecule has 0 spiro atoms. The molecular weight excluding hydrogens is 240 g/mol. The minimum absolute atomic E-state index is 0.187. The Hall–Kier alpha value is -0.830. The zero-order valence-electron chi connectivity index (χ0n) is 12.7. The zero-order valence-corrected chi connectivity index (χ0v) is 12.7. The van der Waals surface area contributed by atoms with Gasteiger partial charge in [-0.1, -0.05) is 52.4 Å². The van der Waals surface area contributed by atoms with E-state index in [0.29, 0.717) is 12.4 Å². The number of carbonyl (C=O) groups is 1. The summed E-state index contributed by atoms with van der Waals surface area (Å²) in [4.78, 5) is 10.8. The molecule has 112 valence electrons. The molecule has 3 heteroatoms. The van der Waals surface area contributed by atoms with Gasteiger partial charge in [-0.2, -0.15) is 0 Å². The molecule has 0 fully saturated rings. The van der Waals surface area contributed by atoms with Gasteiger partial charge in [-0.15, -0.1) is 0 Å². The second-order valence-electron chi connectivity index (χ2n) is 4.80. The molecule has 0 N–H and O–H groups in total. The van der Waals surface area contributed by atoms with Gasteiger partial charge in [-0.05, 0) is 25.3 Å². The van der Waals surface area contributed by atoms with Crippen LogP contribution in [0.15, 0.2) is 11.8 Å². The van der Waals surface area contributed by atoms with Crippen LogP contribution >= 0.6 is 0 Å². The summed E-state index contributed by atoms with van der Waals surface area (Å²) in [5.74, 6) is 0.405. The number of aldehydes is 1. The van der Waals surface area contributed by atoms with Crippen molar-refractivity contribution < 1.29 is 14.3 Å². The summed E-state index contributed by atoms with van der Waals surface area (Å²) >= 11 is 0. The van der Waals surface area contributed by atoms with E-state index in [1.165, 1.54) is 38.5 Å². The van der Waals surface area contributed by atoms with Crippen LogP contribution in [0.5, 0.6) is 0 Å². The maximum atomic E-state index is 10.8. The van der Waals surface area contributed by atoms with Crippen molar-refractivity contribution in [3.8, 4) is 0 Å². The number of rotatable bonds is 14. The van der Waals surface area contributed by atoms with Crippen LogP contribution in [0.3, 0.4) is 0 Å². The summed E-state index contributed by atoms with van der Waals surface area (Å²) < 4.78 is 10.6.